The van der Waals surface area contributed by atoms with E-state index in [-0.39, 0.29) is 0 Å². The van der Waals surface area contributed by atoms with E-state index in [1.807, 2.05) is 24.3 Å². The van der Waals surface area contributed by atoms with E-state index in [4.69, 9.17) is 0 Å². The Kier molecular flexibility index (Phi) is 5.73. The second-order valence-electron chi connectivity index (χ2n) is 5.45. The monoisotopic (exact) mass is 437 g/mol. The Morgan fingerprint density at radius 2 is 1.85 bits per heavy atom. The molecule has 0 unspecified atom stereocenters. The van der Waals surface area contributed by atoms with E-state index in [0.717, 1.165) is 27.9 Å². The van der Waals surface area contributed by atoms with Crippen LogP contribution in [-0.2, 0) is 4.79 Å². The van der Waals surface area contributed by atoms with Crippen molar-refractivity contribution in [3.05, 3.63) is 64.8 Å². The maximum absolute atomic E-state index is 13.6. The summed E-state index contributed by atoms with van der Waals surface area (Å²) in [5, 5.41) is 2.23. The lowest BCUT2D eigenvalue weighted by Crippen LogP contribution is -2.23. The Hall–Kier alpha value is -2.19. The summed E-state index contributed by atoms with van der Waals surface area (Å²) in [5.74, 6) is -2.14. The quantitative estimate of drug-likeness (QED) is 0.536. The number of benzene rings is 2. The van der Waals surface area contributed by atoms with Crippen molar-refractivity contribution in [2.75, 3.05) is 5.32 Å². The van der Waals surface area contributed by atoms with Gasteiger partial charge in [-0.05, 0) is 36.8 Å². The van der Waals surface area contributed by atoms with Crippen LogP contribution in [0.3, 0.4) is 0 Å². The molecule has 1 aromatic heterocycles. The van der Waals surface area contributed by atoms with Crippen LogP contribution in [0.15, 0.2) is 58.3 Å². The number of aromatic nitrogens is 2. The molecule has 0 aliphatic carbocycles. The van der Waals surface area contributed by atoms with Crippen LogP contribution >= 0.6 is 27.7 Å². The Morgan fingerprint density at radius 3 is 2.50 bits per heavy atom. The molecule has 0 spiro atoms. The van der Waals surface area contributed by atoms with Crippen molar-refractivity contribution >= 4 is 39.3 Å². The summed E-state index contributed by atoms with van der Waals surface area (Å²) in [5.41, 5.74) is 1.32. The van der Waals surface area contributed by atoms with Crippen LogP contribution in [0.4, 0.5) is 14.5 Å². The number of hydrogen-bond acceptors (Lipinski definition) is 3. The largest absolute Gasteiger partial charge is 0.333 e. The average Bonchev–Trinajstić information content (AvgIpc) is 3.07. The van der Waals surface area contributed by atoms with Gasteiger partial charge in [0.15, 0.2) is 5.16 Å². The van der Waals surface area contributed by atoms with Crippen molar-refractivity contribution in [3.8, 4) is 11.3 Å². The normalized spacial score (nSPS) is 12.0. The zero-order chi connectivity index (χ0) is 18.7. The molecule has 4 nitrogen and oxygen atoms in total. The van der Waals surface area contributed by atoms with Gasteiger partial charge in [-0.3, -0.25) is 4.79 Å². The van der Waals surface area contributed by atoms with Gasteiger partial charge in [0, 0.05) is 4.47 Å². The van der Waals surface area contributed by atoms with Crippen molar-refractivity contribution in [1.82, 2.24) is 9.97 Å². The molecule has 0 saturated carbocycles. The van der Waals surface area contributed by atoms with Gasteiger partial charge < -0.3 is 10.3 Å². The Morgan fingerprint density at radius 1 is 1.19 bits per heavy atom. The number of para-hydroxylation sites is 1. The summed E-state index contributed by atoms with van der Waals surface area (Å²) in [7, 11) is 0. The number of amides is 1. The highest BCUT2D eigenvalue weighted by molar-refractivity contribution is 9.10. The van der Waals surface area contributed by atoms with E-state index < -0.39 is 28.5 Å². The molecule has 0 aliphatic rings. The second-order valence-corrected chi connectivity index (χ2v) is 7.70. The van der Waals surface area contributed by atoms with E-state index in [9.17, 15) is 13.6 Å². The fourth-order valence-corrected chi connectivity index (χ4v) is 3.25. The van der Waals surface area contributed by atoms with E-state index in [1.54, 1.807) is 13.1 Å². The molecular weight excluding hydrogens is 424 g/mol. The molecular formula is C18H14BrF2N3OS. The molecule has 1 amide bonds. The molecule has 0 radical (unpaired) electrons. The van der Waals surface area contributed by atoms with Gasteiger partial charge in [0.2, 0.25) is 5.91 Å². The highest BCUT2D eigenvalue weighted by Crippen LogP contribution is 2.26. The molecule has 3 rings (SSSR count). The molecule has 134 valence electrons. The molecule has 1 heterocycles. The number of thioether (sulfide) groups is 1. The first-order chi connectivity index (χ1) is 12.4. The van der Waals surface area contributed by atoms with Gasteiger partial charge in [0.05, 0.1) is 17.1 Å². The van der Waals surface area contributed by atoms with Gasteiger partial charge >= 0.3 is 0 Å². The van der Waals surface area contributed by atoms with Crippen molar-refractivity contribution < 1.29 is 13.6 Å². The predicted octanol–water partition coefficient (Wildman–Crippen LogP) is 5.24. The zero-order valence-electron chi connectivity index (χ0n) is 13.6. The fraction of sp³-hybridized carbons (Fsp3) is 0.111. The number of anilines is 1. The van der Waals surface area contributed by atoms with E-state index in [2.05, 4.69) is 31.2 Å². The van der Waals surface area contributed by atoms with E-state index in [1.165, 1.54) is 17.8 Å². The SMILES string of the molecule is C[C@@H](Sc1ncc(-c2ccc(Br)cc2)[nH]1)C(=O)Nc1c(F)cccc1F. The van der Waals surface area contributed by atoms with Crippen molar-refractivity contribution in [1.29, 1.82) is 0 Å². The number of H-pyrrole nitrogens is 1. The van der Waals surface area contributed by atoms with Crippen LogP contribution in [0.2, 0.25) is 0 Å². The van der Waals surface area contributed by atoms with Gasteiger partial charge in [-0.25, -0.2) is 13.8 Å². The molecule has 0 bridgehead atoms. The van der Waals surface area contributed by atoms with Crippen LogP contribution in [0, 0.1) is 11.6 Å². The number of carbonyl (C=O) groups excluding carboxylic acids is 1. The number of carbonyl (C=O) groups is 1. The van der Waals surface area contributed by atoms with Gasteiger partial charge in [-0.2, -0.15) is 0 Å². The van der Waals surface area contributed by atoms with Crippen LogP contribution in [0.1, 0.15) is 6.92 Å². The number of aromatic amines is 1. The summed E-state index contributed by atoms with van der Waals surface area (Å²) in [6.07, 6.45) is 1.67. The number of hydrogen-bond donors (Lipinski definition) is 2. The maximum Gasteiger partial charge on any atom is 0.237 e. The molecule has 0 fully saturated rings. The fourth-order valence-electron chi connectivity index (χ4n) is 2.20. The predicted molar refractivity (Wildman–Crippen MR) is 102 cm³/mol. The van der Waals surface area contributed by atoms with Gasteiger partial charge in [0.1, 0.15) is 17.3 Å². The molecule has 0 aliphatic heterocycles. The van der Waals surface area contributed by atoms with E-state index >= 15 is 0 Å². The number of rotatable bonds is 5. The first kappa shape index (κ1) is 18.6. The van der Waals surface area contributed by atoms with Crippen molar-refractivity contribution in [3.63, 3.8) is 0 Å². The highest BCUT2D eigenvalue weighted by Gasteiger charge is 2.19. The summed E-state index contributed by atoms with van der Waals surface area (Å²) in [4.78, 5) is 19.6. The van der Waals surface area contributed by atoms with Crippen LogP contribution < -0.4 is 5.32 Å². The smallest absolute Gasteiger partial charge is 0.237 e. The van der Waals surface area contributed by atoms with Crippen molar-refractivity contribution in [2.24, 2.45) is 0 Å². The summed E-state index contributed by atoms with van der Waals surface area (Å²) in [6.45, 7) is 1.64. The number of imidazole rings is 1. The molecule has 1 atom stereocenters. The molecule has 2 aromatic carbocycles. The first-order valence-electron chi connectivity index (χ1n) is 7.66. The third kappa shape index (κ3) is 4.31. The Balaban J connectivity index is 1.67. The molecule has 26 heavy (non-hydrogen) atoms. The topological polar surface area (TPSA) is 57.8 Å². The lowest BCUT2D eigenvalue weighted by molar-refractivity contribution is -0.115. The Bertz CT molecular complexity index is 910. The van der Waals surface area contributed by atoms with Gasteiger partial charge in [-0.1, -0.05) is 45.9 Å². The summed E-state index contributed by atoms with van der Waals surface area (Å²) in [6, 6.07) is 11.1. The standard InChI is InChI=1S/C18H14BrF2N3OS/c1-10(17(25)24-16-13(20)3-2-4-14(16)21)26-18-22-9-15(23-18)11-5-7-12(19)8-6-11/h2-10H,1H3,(H,22,23)(H,24,25)/t10-/m1/s1. The molecule has 3 aromatic rings. The van der Waals surface area contributed by atoms with Gasteiger partial charge in [-0.15, -0.1) is 0 Å². The minimum Gasteiger partial charge on any atom is -0.333 e. The highest BCUT2D eigenvalue weighted by atomic mass is 79.9. The zero-order valence-corrected chi connectivity index (χ0v) is 16.0. The second kappa shape index (κ2) is 8.01. The summed E-state index contributed by atoms with van der Waals surface area (Å²) >= 11 is 4.55. The third-order valence-corrected chi connectivity index (χ3v) is 5.10. The van der Waals surface area contributed by atoms with Gasteiger partial charge in [0.25, 0.3) is 0 Å². The minimum atomic E-state index is -0.814. The maximum atomic E-state index is 13.6. The van der Waals surface area contributed by atoms with Crippen molar-refractivity contribution in [2.45, 2.75) is 17.3 Å². The van der Waals surface area contributed by atoms with Crippen LogP contribution in [-0.4, -0.2) is 21.1 Å². The molecule has 8 heteroatoms. The lowest BCUT2D eigenvalue weighted by Gasteiger charge is -2.11. The average molecular weight is 438 g/mol. The van der Waals surface area contributed by atoms with Crippen LogP contribution in [0.5, 0.6) is 0 Å². The van der Waals surface area contributed by atoms with E-state index in [0.29, 0.717) is 5.16 Å². The Labute approximate surface area is 161 Å². The molecule has 2 N–H and O–H groups in total. The lowest BCUT2D eigenvalue weighted by atomic mass is 10.2. The first-order valence-corrected chi connectivity index (χ1v) is 9.34. The van der Waals surface area contributed by atoms with Crippen LogP contribution in [0.25, 0.3) is 11.3 Å². The number of nitrogens with zero attached hydrogens (tertiary/aromatic N) is 1. The third-order valence-electron chi connectivity index (χ3n) is 3.58. The molecule has 0 saturated heterocycles. The number of nitrogens with one attached hydrogen (secondary N) is 2. The minimum absolute atomic E-state index is 0.444. The number of halogens is 3. The summed E-state index contributed by atoms with van der Waals surface area (Å²) < 4.78 is 28.2.